The molecule has 0 aromatic heterocycles. The highest BCUT2D eigenvalue weighted by Crippen LogP contribution is 2.38. The molecule has 35 heavy (non-hydrogen) atoms. The molecule has 0 amide bonds. The summed E-state index contributed by atoms with van der Waals surface area (Å²) in [7, 11) is 0. The highest BCUT2D eigenvalue weighted by Gasteiger charge is 2.22. The van der Waals surface area contributed by atoms with Crippen LogP contribution in [0.3, 0.4) is 0 Å². The van der Waals surface area contributed by atoms with Crippen molar-refractivity contribution in [2.45, 2.75) is 70.6 Å². The zero-order valence-corrected chi connectivity index (χ0v) is 21.3. The molecule has 182 valence electrons. The highest BCUT2D eigenvalue weighted by atomic mass is 19.1. The number of rotatable bonds is 9. The minimum atomic E-state index is -0.109. The van der Waals surface area contributed by atoms with Gasteiger partial charge in [0.2, 0.25) is 0 Å². The summed E-state index contributed by atoms with van der Waals surface area (Å²) in [5.74, 6) is 1.72. The van der Waals surface area contributed by atoms with E-state index in [0.717, 1.165) is 17.9 Å². The molecule has 0 bridgehead atoms. The molecule has 1 aliphatic carbocycles. The van der Waals surface area contributed by atoms with E-state index < -0.39 is 0 Å². The molecule has 4 rings (SSSR count). The fourth-order valence-corrected chi connectivity index (χ4v) is 5.42. The Morgan fingerprint density at radius 1 is 0.886 bits per heavy atom. The molecule has 1 atom stereocenters. The van der Waals surface area contributed by atoms with Crippen LogP contribution < -0.4 is 0 Å². The van der Waals surface area contributed by atoms with Gasteiger partial charge in [-0.2, -0.15) is 0 Å². The van der Waals surface area contributed by atoms with E-state index in [-0.39, 0.29) is 5.82 Å². The molecule has 0 unspecified atom stereocenters. The lowest BCUT2D eigenvalue weighted by molar-refractivity contribution is 0.311. The van der Waals surface area contributed by atoms with Crippen LogP contribution in [0.2, 0.25) is 0 Å². The molecule has 1 saturated carbocycles. The standard InChI is InChI=1S/C34H39F/c1-3-4-6-9-27-16-19-31(20-17-27)33-23-22-32(34(35)25-33)21-18-28-12-14-29(15-13-28)24-26(2)30-10-7-5-8-11-30/h3-5,7-8,10-15,18,21-23,25-27,31H,6,9,16-17,19-20,24H2,1-2H3/b4-3+,21-18?/t26-,27?,31?/m1/s1. The summed E-state index contributed by atoms with van der Waals surface area (Å²) in [6, 6.07) is 25.2. The van der Waals surface area contributed by atoms with E-state index in [1.807, 2.05) is 18.2 Å². The Bertz CT molecular complexity index is 1100. The maximum Gasteiger partial charge on any atom is 0.130 e. The number of hydrogen-bond donors (Lipinski definition) is 0. The Labute approximate surface area is 211 Å². The van der Waals surface area contributed by atoms with Crippen molar-refractivity contribution in [3.63, 3.8) is 0 Å². The highest BCUT2D eigenvalue weighted by molar-refractivity contribution is 5.70. The molecule has 1 aliphatic rings. The van der Waals surface area contributed by atoms with Crippen LogP contribution in [0, 0.1) is 11.7 Å². The predicted molar refractivity (Wildman–Crippen MR) is 149 cm³/mol. The molecule has 3 aromatic carbocycles. The van der Waals surface area contributed by atoms with Crippen molar-refractivity contribution in [1.82, 2.24) is 0 Å². The summed E-state index contributed by atoms with van der Waals surface area (Å²) in [4.78, 5) is 0. The van der Waals surface area contributed by atoms with Gasteiger partial charge in [0.05, 0.1) is 0 Å². The number of allylic oxidation sites excluding steroid dienone is 2. The summed E-state index contributed by atoms with van der Waals surface area (Å²) in [6.45, 7) is 4.36. The Kier molecular flexibility index (Phi) is 9.12. The van der Waals surface area contributed by atoms with E-state index >= 15 is 0 Å². The first kappa shape index (κ1) is 25.2. The van der Waals surface area contributed by atoms with Crippen LogP contribution in [-0.4, -0.2) is 0 Å². The largest absolute Gasteiger partial charge is 0.206 e. The van der Waals surface area contributed by atoms with Crippen molar-refractivity contribution >= 4 is 12.2 Å². The molecule has 0 spiro atoms. The lowest BCUT2D eigenvalue weighted by Gasteiger charge is -2.28. The van der Waals surface area contributed by atoms with Crippen molar-refractivity contribution in [3.05, 3.63) is 119 Å². The van der Waals surface area contributed by atoms with Crippen molar-refractivity contribution in [2.75, 3.05) is 0 Å². The summed E-state index contributed by atoms with van der Waals surface area (Å²) in [6.07, 6.45) is 16.7. The first-order chi connectivity index (χ1) is 17.1. The van der Waals surface area contributed by atoms with Gasteiger partial charge in [0.25, 0.3) is 0 Å². The lowest BCUT2D eigenvalue weighted by atomic mass is 9.77. The topological polar surface area (TPSA) is 0 Å². The van der Waals surface area contributed by atoms with E-state index in [1.165, 1.54) is 55.2 Å². The number of benzene rings is 3. The monoisotopic (exact) mass is 466 g/mol. The molecule has 0 N–H and O–H groups in total. The molecular weight excluding hydrogens is 427 g/mol. The van der Waals surface area contributed by atoms with Gasteiger partial charge in [-0.15, -0.1) is 0 Å². The molecule has 1 heteroatoms. The Hall–Kier alpha value is -2.93. The van der Waals surface area contributed by atoms with Crippen molar-refractivity contribution < 1.29 is 4.39 Å². The van der Waals surface area contributed by atoms with Crippen molar-refractivity contribution in [3.8, 4) is 0 Å². The number of halogens is 1. The molecule has 0 saturated heterocycles. The third kappa shape index (κ3) is 7.28. The van der Waals surface area contributed by atoms with E-state index in [9.17, 15) is 4.39 Å². The van der Waals surface area contributed by atoms with Gasteiger partial charge in [-0.3, -0.25) is 0 Å². The van der Waals surface area contributed by atoms with Gasteiger partial charge in [0.1, 0.15) is 5.82 Å². The van der Waals surface area contributed by atoms with Gasteiger partial charge in [0.15, 0.2) is 0 Å². The molecule has 0 aliphatic heterocycles. The molecular formula is C34H39F. The predicted octanol–water partition coefficient (Wildman–Crippen LogP) is 9.97. The van der Waals surface area contributed by atoms with E-state index in [1.54, 1.807) is 6.07 Å². The van der Waals surface area contributed by atoms with Crippen LogP contribution >= 0.6 is 0 Å². The second-order valence-corrected chi connectivity index (χ2v) is 10.2. The normalized spacial score (nSPS) is 19.4. The average molecular weight is 467 g/mol. The van der Waals surface area contributed by atoms with Gasteiger partial charge in [-0.05, 0) is 97.9 Å². The summed E-state index contributed by atoms with van der Waals surface area (Å²) < 4.78 is 14.9. The van der Waals surface area contributed by atoms with Gasteiger partial charge >= 0.3 is 0 Å². The van der Waals surface area contributed by atoms with Crippen molar-refractivity contribution in [1.29, 1.82) is 0 Å². The quantitative estimate of drug-likeness (QED) is 0.217. The van der Waals surface area contributed by atoms with E-state index in [4.69, 9.17) is 0 Å². The molecule has 0 radical (unpaired) electrons. The first-order valence-corrected chi connectivity index (χ1v) is 13.3. The lowest BCUT2D eigenvalue weighted by Crippen LogP contribution is -2.13. The van der Waals surface area contributed by atoms with Crippen LogP contribution in [0.15, 0.2) is 84.9 Å². The molecule has 0 heterocycles. The molecule has 0 nitrogen and oxygen atoms in total. The summed E-state index contributed by atoms with van der Waals surface area (Å²) in [5.41, 5.74) is 5.62. The Balaban J connectivity index is 1.31. The second kappa shape index (κ2) is 12.7. The van der Waals surface area contributed by atoms with E-state index in [2.05, 4.69) is 86.7 Å². The Morgan fingerprint density at radius 2 is 1.63 bits per heavy atom. The smallest absolute Gasteiger partial charge is 0.130 e. The molecule has 3 aromatic rings. The van der Waals surface area contributed by atoms with Crippen LogP contribution in [0.4, 0.5) is 4.39 Å². The van der Waals surface area contributed by atoms with Crippen LogP contribution in [-0.2, 0) is 6.42 Å². The zero-order chi connectivity index (χ0) is 24.5. The maximum atomic E-state index is 14.9. The van der Waals surface area contributed by atoms with Crippen LogP contribution in [0.1, 0.15) is 92.0 Å². The fourth-order valence-electron chi connectivity index (χ4n) is 5.42. The first-order valence-electron chi connectivity index (χ1n) is 13.3. The third-order valence-electron chi connectivity index (χ3n) is 7.67. The van der Waals surface area contributed by atoms with Crippen molar-refractivity contribution in [2.24, 2.45) is 5.92 Å². The summed E-state index contributed by atoms with van der Waals surface area (Å²) in [5, 5.41) is 0. The minimum absolute atomic E-state index is 0.109. The van der Waals surface area contributed by atoms with Crippen LogP contribution in [0.25, 0.3) is 12.2 Å². The fraction of sp³-hybridized carbons (Fsp3) is 0.353. The van der Waals surface area contributed by atoms with E-state index in [0.29, 0.717) is 17.4 Å². The average Bonchev–Trinajstić information content (AvgIpc) is 2.90. The Morgan fingerprint density at radius 3 is 2.31 bits per heavy atom. The van der Waals surface area contributed by atoms with Gasteiger partial charge < -0.3 is 0 Å². The minimum Gasteiger partial charge on any atom is -0.206 e. The van der Waals surface area contributed by atoms with Gasteiger partial charge in [-0.1, -0.05) is 98.0 Å². The second-order valence-electron chi connectivity index (χ2n) is 10.2. The molecule has 1 fully saturated rings. The van der Waals surface area contributed by atoms with Gasteiger partial charge in [-0.25, -0.2) is 4.39 Å². The SMILES string of the molecule is C/C=C/CCC1CCC(c2ccc(C=Cc3ccc(C[C@@H](C)c4ccccc4)cc3)c(F)c2)CC1. The van der Waals surface area contributed by atoms with Gasteiger partial charge in [0, 0.05) is 5.56 Å². The summed E-state index contributed by atoms with van der Waals surface area (Å²) >= 11 is 0. The third-order valence-corrected chi connectivity index (χ3v) is 7.67. The maximum absolute atomic E-state index is 14.9. The van der Waals surface area contributed by atoms with Crippen LogP contribution in [0.5, 0.6) is 0 Å². The number of hydrogen-bond acceptors (Lipinski definition) is 0. The zero-order valence-electron chi connectivity index (χ0n) is 21.3.